The molecule has 1 fully saturated rings. The first-order valence-electron chi connectivity index (χ1n) is 7.77. The van der Waals surface area contributed by atoms with Crippen LogP contribution in [-0.4, -0.2) is 19.2 Å². The van der Waals surface area contributed by atoms with Gasteiger partial charge in [-0.05, 0) is 75.3 Å². The predicted octanol–water partition coefficient (Wildman–Crippen LogP) is 4.16. The summed E-state index contributed by atoms with van der Waals surface area (Å²) in [6.07, 6.45) is 3.93. The van der Waals surface area contributed by atoms with Gasteiger partial charge in [0.2, 0.25) is 0 Å². The van der Waals surface area contributed by atoms with Gasteiger partial charge in [-0.3, -0.25) is 0 Å². The molecule has 112 valence electrons. The van der Waals surface area contributed by atoms with Gasteiger partial charge < -0.3 is 10.1 Å². The largest absolute Gasteiger partial charge is 0.488 e. The van der Waals surface area contributed by atoms with Crippen molar-refractivity contribution in [2.75, 3.05) is 7.05 Å². The van der Waals surface area contributed by atoms with Gasteiger partial charge in [0.25, 0.3) is 0 Å². The quantitative estimate of drug-likeness (QED) is 0.894. The molecule has 20 heavy (non-hydrogen) atoms. The molecule has 0 spiro atoms. The van der Waals surface area contributed by atoms with Gasteiger partial charge in [0.1, 0.15) is 11.9 Å². The molecule has 0 amide bonds. The molecule has 1 aliphatic carbocycles. The summed E-state index contributed by atoms with van der Waals surface area (Å²) in [4.78, 5) is 0. The second-order valence-electron chi connectivity index (χ2n) is 7.01. The highest BCUT2D eigenvalue weighted by Crippen LogP contribution is 2.38. The number of ether oxygens (including phenoxy) is 1. The summed E-state index contributed by atoms with van der Waals surface area (Å²) in [6.45, 7) is 11.2. The summed E-state index contributed by atoms with van der Waals surface area (Å²) in [5.41, 5.74) is 4.16. The Kier molecular flexibility index (Phi) is 4.43. The van der Waals surface area contributed by atoms with Crippen molar-refractivity contribution in [3.63, 3.8) is 0 Å². The van der Waals surface area contributed by atoms with E-state index in [1.807, 2.05) is 0 Å². The van der Waals surface area contributed by atoms with Crippen LogP contribution in [0.25, 0.3) is 0 Å². The monoisotopic (exact) mass is 275 g/mol. The maximum absolute atomic E-state index is 6.42. The molecule has 0 aromatic heterocycles. The molecule has 0 bridgehead atoms. The van der Waals surface area contributed by atoms with Crippen molar-refractivity contribution in [1.82, 2.24) is 5.32 Å². The lowest BCUT2D eigenvalue weighted by molar-refractivity contribution is 0.0399. The van der Waals surface area contributed by atoms with Crippen LogP contribution in [0.5, 0.6) is 5.75 Å². The van der Waals surface area contributed by atoms with Crippen LogP contribution >= 0.6 is 0 Å². The molecule has 0 aliphatic heterocycles. The van der Waals surface area contributed by atoms with Gasteiger partial charge in [-0.25, -0.2) is 0 Å². The maximum atomic E-state index is 6.42. The van der Waals surface area contributed by atoms with Crippen LogP contribution in [0.4, 0.5) is 0 Å². The molecule has 1 aromatic rings. The molecule has 1 saturated carbocycles. The molecule has 1 aliphatic rings. The highest BCUT2D eigenvalue weighted by Gasteiger charge is 2.39. The fourth-order valence-electron chi connectivity index (χ4n) is 3.57. The van der Waals surface area contributed by atoms with Gasteiger partial charge in [0.05, 0.1) is 0 Å². The Morgan fingerprint density at radius 2 is 1.90 bits per heavy atom. The fraction of sp³-hybridized carbons (Fsp3) is 0.667. The van der Waals surface area contributed by atoms with Crippen LogP contribution in [0.2, 0.25) is 0 Å². The van der Waals surface area contributed by atoms with Crippen molar-refractivity contribution in [3.8, 4) is 5.75 Å². The summed E-state index contributed by atoms with van der Waals surface area (Å²) >= 11 is 0. The molecule has 2 heteroatoms. The lowest BCUT2D eigenvalue weighted by atomic mass is 9.72. The van der Waals surface area contributed by atoms with Crippen molar-refractivity contribution in [1.29, 1.82) is 0 Å². The van der Waals surface area contributed by atoms with E-state index in [9.17, 15) is 0 Å². The van der Waals surface area contributed by atoms with Crippen LogP contribution in [0.3, 0.4) is 0 Å². The van der Waals surface area contributed by atoms with E-state index in [-0.39, 0.29) is 6.10 Å². The fourth-order valence-corrected chi connectivity index (χ4v) is 3.57. The normalized spacial score (nSPS) is 25.5. The Morgan fingerprint density at radius 1 is 1.20 bits per heavy atom. The van der Waals surface area contributed by atoms with E-state index in [4.69, 9.17) is 4.74 Å². The highest BCUT2D eigenvalue weighted by atomic mass is 16.5. The first-order valence-corrected chi connectivity index (χ1v) is 7.77. The summed E-state index contributed by atoms with van der Waals surface area (Å²) in [6, 6.07) is 4.82. The minimum absolute atomic E-state index is 0.267. The first kappa shape index (κ1) is 15.4. The zero-order valence-electron chi connectivity index (χ0n) is 13.8. The zero-order valence-corrected chi connectivity index (χ0v) is 13.8. The number of rotatable bonds is 3. The Labute approximate surface area is 123 Å². The Balaban J connectivity index is 2.24. The maximum Gasteiger partial charge on any atom is 0.123 e. The minimum Gasteiger partial charge on any atom is -0.488 e. The number of nitrogens with one attached hydrogen (secondary N) is 1. The average Bonchev–Trinajstić information content (AvgIpc) is 2.34. The zero-order chi connectivity index (χ0) is 14.9. The van der Waals surface area contributed by atoms with Gasteiger partial charge in [-0.15, -0.1) is 0 Å². The lowest BCUT2D eigenvalue weighted by Gasteiger charge is -2.43. The third-order valence-corrected chi connectivity index (χ3v) is 4.88. The Morgan fingerprint density at radius 3 is 2.55 bits per heavy atom. The number of likely N-dealkylation sites (N-methyl/N-ethyl adjacent to an activating group) is 1. The van der Waals surface area contributed by atoms with E-state index in [2.05, 4.69) is 59.1 Å². The number of hydrogen-bond acceptors (Lipinski definition) is 2. The molecule has 2 atom stereocenters. The first-order chi connectivity index (χ1) is 9.35. The summed E-state index contributed by atoms with van der Waals surface area (Å²) in [5.74, 6) is 1.06. The summed E-state index contributed by atoms with van der Waals surface area (Å²) in [7, 11) is 2.06. The van der Waals surface area contributed by atoms with Crippen LogP contribution in [0.15, 0.2) is 12.1 Å². The average molecular weight is 275 g/mol. The molecule has 2 rings (SSSR count). The molecule has 2 unspecified atom stereocenters. The van der Waals surface area contributed by atoms with Gasteiger partial charge in [-0.1, -0.05) is 19.9 Å². The van der Waals surface area contributed by atoms with Crippen LogP contribution in [-0.2, 0) is 0 Å². The van der Waals surface area contributed by atoms with Crippen molar-refractivity contribution in [2.24, 2.45) is 5.41 Å². The minimum atomic E-state index is 0.267. The SMILES string of the molecule is CNC1C(Oc2cc(C)cc(C)c2C)CCCC1(C)C. The smallest absolute Gasteiger partial charge is 0.123 e. The van der Waals surface area contributed by atoms with E-state index in [1.165, 1.54) is 29.5 Å². The van der Waals surface area contributed by atoms with Crippen molar-refractivity contribution in [3.05, 3.63) is 28.8 Å². The van der Waals surface area contributed by atoms with E-state index >= 15 is 0 Å². The van der Waals surface area contributed by atoms with Gasteiger partial charge in [-0.2, -0.15) is 0 Å². The molecule has 2 nitrogen and oxygen atoms in total. The van der Waals surface area contributed by atoms with Gasteiger partial charge in [0, 0.05) is 6.04 Å². The molecule has 1 aromatic carbocycles. The Bertz CT molecular complexity index is 479. The lowest BCUT2D eigenvalue weighted by Crippen LogP contribution is -2.53. The van der Waals surface area contributed by atoms with E-state index in [1.54, 1.807) is 0 Å². The predicted molar refractivity (Wildman–Crippen MR) is 85.5 cm³/mol. The molecule has 0 saturated heterocycles. The molecular weight excluding hydrogens is 246 g/mol. The number of aryl methyl sites for hydroxylation is 2. The van der Waals surface area contributed by atoms with Gasteiger partial charge in [0.15, 0.2) is 0 Å². The van der Waals surface area contributed by atoms with Crippen molar-refractivity contribution >= 4 is 0 Å². The summed E-state index contributed by atoms with van der Waals surface area (Å²) < 4.78 is 6.42. The van der Waals surface area contributed by atoms with Crippen LogP contribution < -0.4 is 10.1 Å². The molecular formula is C18H29NO. The topological polar surface area (TPSA) is 21.3 Å². The molecule has 0 radical (unpaired) electrons. The Hall–Kier alpha value is -1.02. The van der Waals surface area contributed by atoms with E-state index < -0.39 is 0 Å². The molecule has 0 heterocycles. The van der Waals surface area contributed by atoms with E-state index in [0.29, 0.717) is 11.5 Å². The number of hydrogen-bond donors (Lipinski definition) is 1. The van der Waals surface area contributed by atoms with Crippen molar-refractivity contribution < 1.29 is 4.74 Å². The summed E-state index contributed by atoms with van der Waals surface area (Å²) in [5, 5.41) is 3.49. The highest BCUT2D eigenvalue weighted by molar-refractivity contribution is 5.42. The second-order valence-corrected chi connectivity index (χ2v) is 7.01. The standard InChI is InChI=1S/C18H29NO/c1-12-10-13(2)14(3)16(11-12)20-15-8-7-9-18(4,5)17(15)19-6/h10-11,15,17,19H,7-9H2,1-6H3. The second kappa shape index (κ2) is 5.77. The third kappa shape index (κ3) is 3.01. The van der Waals surface area contributed by atoms with E-state index in [0.717, 1.165) is 12.2 Å². The van der Waals surface area contributed by atoms with Gasteiger partial charge >= 0.3 is 0 Å². The number of benzene rings is 1. The molecule has 1 N–H and O–H groups in total. The van der Waals surface area contributed by atoms with Crippen molar-refractivity contribution in [2.45, 2.75) is 66.0 Å². The van der Waals surface area contributed by atoms with Crippen LogP contribution in [0.1, 0.15) is 49.8 Å². The van der Waals surface area contributed by atoms with Crippen LogP contribution in [0, 0.1) is 26.2 Å². The third-order valence-electron chi connectivity index (χ3n) is 4.88.